The van der Waals surface area contributed by atoms with E-state index in [9.17, 15) is 0 Å². The molecule has 0 amide bonds. The van der Waals surface area contributed by atoms with Gasteiger partial charge in [0.15, 0.2) is 0 Å². The Morgan fingerprint density at radius 3 is 2.42 bits per heavy atom. The predicted molar refractivity (Wildman–Crippen MR) is 103 cm³/mol. The van der Waals surface area contributed by atoms with E-state index in [1.54, 1.807) is 0 Å². The van der Waals surface area contributed by atoms with Crippen LogP contribution in [-0.2, 0) is 11.2 Å². The Hall–Kier alpha value is -1.54. The zero-order chi connectivity index (χ0) is 17.6. The van der Waals surface area contributed by atoms with Crippen LogP contribution in [0.1, 0.15) is 59.4 Å². The number of rotatable bonds is 9. The maximum Gasteiger partial charge on any atom is 0.127 e. The summed E-state index contributed by atoms with van der Waals surface area (Å²) in [5.41, 5.74) is 1.17. The summed E-state index contributed by atoms with van der Waals surface area (Å²) in [6.07, 6.45) is 4.71. The Labute approximate surface area is 147 Å². The van der Waals surface area contributed by atoms with E-state index in [1.165, 1.54) is 29.2 Å². The van der Waals surface area contributed by atoms with Gasteiger partial charge in [-0.05, 0) is 57.6 Å². The molecule has 2 nitrogen and oxygen atoms in total. The summed E-state index contributed by atoms with van der Waals surface area (Å²) in [6.45, 7) is 11.4. The molecule has 0 radical (unpaired) electrons. The van der Waals surface area contributed by atoms with Gasteiger partial charge in [0.25, 0.3) is 0 Å². The van der Waals surface area contributed by atoms with Crippen molar-refractivity contribution in [1.82, 2.24) is 0 Å². The third kappa shape index (κ3) is 5.24. The summed E-state index contributed by atoms with van der Waals surface area (Å²) in [4.78, 5) is 0. The lowest BCUT2D eigenvalue weighted by molar-refractivity contribution is 0.0238. The molecule has 0 atom stereocenters. The van der Waals surface area contributed by atoms with Crippen LogP contribution in [0.3, 0.4) is 0 Å². The second-order valence-corrected chi connectivity index (χ2v) is 7.40. The number of unbranched alkanes of at least 4 members (excludes halogenated alkanes) is 1. The molecule has 0 bridgehead atoms. The zero-order valence-corrected chi connectivity index (χ0v) is 15.9. The second-order valence-electron chi connectivity index (χ2n) is 7.40. The van der Waals surface area contributed by atoms with E-state index in [0.717, 1.165) is 25.2 Å². The van der Waals surface area contributed by atoms with Crippen molar-refractivity contribution in [1.29, 1.82) is 0 Å². The maximum absolute atomic E-state index is 6.38. The van der Waals surface area contributed by atoms with Gasteiger partial charge in [-0.3, -0.25) is 0 Å². The molecule has 0 aromatic heterocycles. The SMILES string of the molecule is CCCCc1cccc2c(OC(C)(C)CCOC(C)C)cccc12. The number of benzene rings is 2. The van der Waals surface area contributed by atoms with Crippen LogP contribution in [0.4, 0.5) is 0 Å². The van der Waals surface area contributed by atoms with E-state index in [1.807, 2.05) is 0 Å². The van der Waals surface area contributed by atoms with E-state index < -0.39 is 0 Å². The van der Waals surface area contributed by atoms with Crippen molar-refractivity contribution in [3.63, 3.8) is 0 Å². The van der Waals surface area contributed by atoms with Crippen LogP contribution in [0.5, 0.6) is 5.75 Å². The smallest absolute Gasteiger partial charge is 0.127 e. The third-order valence-corrected chi connectivity index (χ3v) is 4.31. The highest BCUT2D eigenvalue weighted by atomic mass is 16.5. The topological polar surface area (TPSA) is 18.5 Å². The second kappa shape index (κ2) is 8.53. The Morgan fingerprint density at radius 1 is 1.00 bits per heavy atom. The van der Waals surface area contributed by atoms with E-state index in [2.05, 4.69) is 71.0 Å². The van der Waals surface area contributed by atoms with E-state index >= 15 is 0 Å². The number of ether oxygens (including phenoxy) is 2. The molecule has 0 fully saturated rings. The van der Waals surface area contributed by atoms with Crippen LogP contribution in [-0.4, -0.2) is 18.3 Å². The number of fused-ring (bicyclic) bond motifs is 1. The number of hydrogen-bond donors (Lipinski definition) is 0. The van der Waals surface area contributed by atoms with E-state index in [-0.39, 0.29) is 11.7 Å². The van der Waals surface area contributed by atoms with E-state index in [4.69, 9.17) is 9.47 Å². The van der Waals surface area contributed by atoms with Crippen molar-refractivity contribution >= 4 is 10.8 Å². The minimum Gasteiger partial charge on any atom is -0.487 e. The molecule has 24 heavy (non-hydrogen) atoms. The molecule has 0 heterocycles. The van der Waals surface area contributed by atoms with Gasteiger partial charge in [-0.15, -0.1) is 0 Å². The molecule has 2 heteroatoms. The highest BCUT2D eigenvalue weighted by Gasteiger charge is 2.21. The van der Waals surface area contributed by atoms with Crippen molar-refractivity contribution in [2.75, 3.05) is 6.61 Å². The fourth-order valence-electron chi connectivity index (χ4n) is 2.91. The van der Waals surface area contributed by atoms with Gasteiger partial charge in [-0.25, -0.2) is 0 Å². The van der Waals surface area contributed by atoms with Crippen molar-refractivity contribution in [2.24, 2.45) is 0 Å². The van der Waals surface area contributed by atoms with Gasteiger partial charge in [0.05, 0.1) is 12.7 Å². The van der Waals surface area contributed by atoms with Crippen LogP contribution in [0.15, 0.2) is 36.4 Å². The Balaban J connectivity index is 2.19. The van der Waals surface area contributed by atoms with Gasteiger partial charge in [0, 0.05) is 11.8 Å². The molecule has 0 aliphatic carbocycles. The number of hydrogen-bond acceptors (Lipinski definition) is 2. The summed E-state index contributed by atoms with van der Waals surface area (Å²) in [5, 5.41) is 2.53. The molecule has 0 saturated carbocycles. The lowest BCUT2D eigenvalue weighted by Gasteiger charge is -2.28. The summed E-state index contributed by atoms with van der Waals surface area (Å²) in [6, 6.07) is 13.0. The van der Waals surface area contributed by atoms with Crippen LogP contribution >= 0.6 is 0 Å². The molecule has 0 spiro atoms. The van der Waals surface area contributed by atoms with Crippen LogP contribution in [0.2, 0.25) is 0 Å². The van der Waals surface area contributed by atoms with Crippen molar-refractivity contribution in [3.8, 4) is 5.75 Å². The van der Waals surface area contributed by atoms with E-state index in [0.29, 0.717) is 0 Å². The first-order valence-corrected chi connectivity index (χ1v) is 9.24. The highest BCUT2D eigenvalue weighted by molar-refractivity contribution is 5.91. The van der Waals surface area contributed by atoms with Crippen molar-refractivity contribution in [3.05, 3.63) is 42.0 Å². The summed E-state index contributed by atoms with van der Waals surface area (Å²) >= 11 is 0. The standard InChI is InChI=1S/C22H32O2/c1-6-7-10-18-11-8-13-20-19(18)12-9-14-21(20)24-22(4,5)15-16-23-17(2)3/h8-9,11-14,17H,6-7,10,15-16H2,1-5H3. The molecule has 132 valence electrons. The average molecular weight is 328 g/mol. The predicted octanol–water partition coefficient (Wildman–Crippen LogP) is 6.15. The monoisotopic (exact) mass is 328 g/mol. The first-order valence-electron chi connectivity index (χ1n) is 9.24. The molecule has 0 saturated heterocycles. The molecule has 0 N–H and O–H groups in total. The van der Waals surface area contributed by atoms with Gasteiger partial charge in [0.1, 0.15) is 11.4 Å². The summed E-state index contributed by atoms with van der Waals surface area (Å²) in [7, 11) is 0. The van der Waals surface area contributed by atoms with Gasteiger partial charge in [-0.1, -0.05) is 43.7 Å². The summed E-state index contributed by atoms with van der Waals surface area (Å²) in [5.74, 6) is 0.973. The summed E-state index contributed by atoms with van der Waals surface area (Å²) < 4.78 is 12.1. The molecule has 0 unspecified atom stereocenters. The molecule has 2 aromatic carbocycles. The first-order chi connectivity index (χ1) is 11.4. The Bertz CT molecular complexity index is 643. The maximum atomic E-state index is 6.38. The fourth-order valence-corrected chi connectivity index (χ4v) is 2.91. The third-order valence-electron chi connectivity index (χ3n) is 4.31. The van der Waals surface area contributed by atoms with Crippen LogP contribution < -0.4 is 4.74 Å². The molecule has 0 aliphatic heterocycles. The quantitative estimate of drug-likeness (QED) is 0.549. The Kier molecular flexibility index (Phi) is 6.68. The first kappa shape index (κ1) is 18.8. The molecular formula is C22H32O2. The zero-order valence-electron chi connectivity index (χ0n) is 15.9. The molecule has 0 aliphatic rings. The van der Waals surface area contributed by atoms with Crippen LogP contribution in [0, 0.1) is 0 Å². The van der Waals surface area contributed by atoms with Gasteiger partial charge < -0.3 is 9.47 Å². The normalized spacial score (nSPS) is 12.1. The lowest BCUT2D eigenvalue weighted by Crippen LogP contribution is -2.30. The van der Waals surface area contributed by atoms with Gasteiger partial charge in [0.2, 0.25) is 0 Å². The van der Waals surface area contributed by atoms with Gasteiger partial charge in [-0.2, -0.15) is 0 Å². The van der Waals surface area contributed by atoms with Crippen molar-refractivity contribution < 1.29 is 9.47 Å². The average Bonchev–Trinajstić information content (AvgIpc) is 2.52. The Morgan fingerprint density at radius 2 is 1.71 bits per heavy atom. The molecule has 2 rings (SSSR count). The minimum absolute atomic E-state index is 0.247. The fraction of sp³-hybridized carbons (Fsp3) is 0.545. The van der Waals surface area contributed by atoms with Crippen LogP contribution in [0.25, 0.3) is 10.8 Å². The molecule has 2 aromatic rings. The largest absolute Gasteiger partial charge is 0.487 e. The lowest BCUT2D eigenvalue weighted by atomic mass is 9.99. The highest BCUT2D eigenvalue weighted by Crippen LogP contribution is 2.32. The number of aryl methyl sites for hydroxylation is 1. The van der Waals surface area contributed by atoms with Crippen molar-refractivity contribution in [2.45, 2.75) is 72.0 Å². The minimum atomic E-state index is -0.247. The van der Waals surface area contributed by atoms with Gasteiger partial charge >= 0.3 is 0 Å². The molecular weight excluding hydrogens is 296 g/mol.